The summed E-state index contributed by atoms with van der Waals surface area (Å²) in [6.07, 6.45) is 0. The number of nitrogens with zero attached hydrogens (tertiary/aromatic N) is 3. The van der Waals surface area contributed by atoms with Gasteiger partial charge in [-0.1, -0.05) is 35.9 Å². The summed E-state index contributed by atoms with van der Waals surface area (Å²) in [6, 6.07) is 19.4. The van der Waals surface area contributed by atoms with Gasteiger partial charge in [0, 0.05) is 11.3 Å². The highest BCUT2D eigenvalue weighted by atomic mass is 16.1. The Labute approximate surface area is 157 Å². The van der Waals surface area contributed by atoms with Crippen LogP contribution in [0.2, 0.25) is 0 Å². The number of nitrogens with one attached hydrogen (secondary N) is 1. The van der Waals surface area contributed by atoms with Gasteiger partial charge in [-0.05, 0) is 62.2 Å². The molecule has 134 valence electrons. The quantitative estimate of drug-likeness (QED) is 0.584. The average Bonchev–Trinajstić information content (AvgIpc) is 3.05. The summed E-state index contributed by atoms with van der Waals surface area (Å²) in [7, 11) is 0. The van der Waals surface area contributed by atoms with Gasteiger partial charge in [0.25, 0.3) is 5.91 Å². The monoisotopic (exact) mass is 356 g/mol. The van der Waals surface area contributed by atoms with Crippen molar-refractivity contribution < 1.29 is 4.79 Å². The van der Waals surface area contributed by atoms with Crippen molar-refractivity contribution >= 4 is 22.6 Å². The second-order valence-corrected chi connectivity index (χ2v) is 6.75. The Hall–Kier alpha value is -3.47. The van der Waals surface area contributed by atoms with Crippen LogP contribution >= 0.6 is 0 Å². The summed E-state index contributed by atoms with van der Waals surface area (Å²) in [4.78, 5) is 14.3. The Balaban J connectivity index is 1.68. The van der Waals surface area contributed by atoms with E-state index in [-0.39, 0.29) is 5.91 Å². The Morgan fingerprint density at radius 2 is 1.56 bits per heavy atom. The summed E-state index contributed by atoms with van der Waals surface area (Å²) in [5.74, 6) is -0.120. The SMILES string of the molecule is Cc1ccc(C(=O)Nc2cc3nn(-c4ccccc4)nc3cc2C)c(C)c1. The molecule has 1 N–H and O–H groups in total. The van der Waals surface area contributed by atoms with Crippen LogP contribution in [-0.2, 0) is 0 Å². The number of amides is 1. The van der Waals surface area contributed by atoms with Crippen molar-refractivity contribution in [3.63, 3.8) is 0 Å². The van der Waals surface area contributed by atoms with E-state index < -0.39 is 0 Å². The number of carbonyl (C=O) groups is 1. The lowest BCUT2D eigenvalue weighted by molar-refractivity contribution is 0.102. The van der Waals surface area contributed by atoms with Gasteiger partial charge in [0.05, 0.1) is 5.69 Å². The van der Waals surface area contributed by atoms with Gasteiger partial charge in [0.1, 0.15) is 11.0 Å². The predicted molar refractivity (Wildman–Crippen MR) is 107 cm³/mol. The van der Waals surface area contributed by atoms with Crippen LogP contribution in [0.5, 0.6) is 0 Å². The second kappa shape index (κ2) is 6.68. The van der Waals surface area contributed by atoms with Crippen LogP contribution in [0.15, 0.2) is 60.7 Å². The van der Waals surface area contributed by atoms with E-state index in [0.29, 0.717) is 5.56 Å². The lowest BCUT2D eigenvalue weighted by Gasteiger charge is -2.10. The third kappa shape index (κ3) is 3.31. The molecular weight excluding hydrogens is 336 g/mol. The maximum absolute atomic E-state index is 12.7. The van der Waals surface area contributed by atoms with Crippen LogP contribution in [0.1, 0.15) is 27.0 Å². The summed E-state index contributed by atoms with van der Waals surface area (Å²) in [6.45, 7) is 5.92. The van der Waals surface area contributed by atoms with Gasteiger partial charge in [-0.2, -0.15) is 4.80 Å². The summed E-state index contributed by atoms with van der Waals surface area (Å²) in [5, 5.41) is 12.1. The molecule has 4 aromatic rings. The first-order valence-corrected chi connectivity index (χ1v) is 8.83. The number of benzene rings is 3. The number of hydrogen-bond donors (Lipinski definition) is 1. The fourth-order valence-electron chi connectivity index (χ4n) is 3.14. The molecule has 3 aromatic carbocycles. The molecule has 0 fully saturated rings. The number of aryl methyl sites for hydroxylation is 3. The number of hydrogen-bond acceptors (Lipinski definition) is 3. The minimum absolute atomic E-state index is 0.120. The van der Waals surface area contributed by atoms with Crippen molar-refractivity contribution in [1.29, 1.82) is 0 Å². The number of para-hydroxylation sites is 1. The lowest BCUT2D eigenvalue weighted by Crippen LogP contribution is -2.14. The van der Waals surface area contributed by atoms with E-state index in [9.17, 15) is 4.79 Å². The van der Waals surface area contributed by atoms with E-state index in [4.69, 9.17) is 0 Å². The molecule has 1 heterocycles. The van der Waals surface area contributed by atoms with E-state index in [2.05, 4.69) is 15.5 Å². The number of aromatic nitrogens is 3. The van der Waals surface area contributed by atoms with Gasteiger partial charge in [-0.15, -0.1) is 10.2 Å². The highest BCUT2D eigenvalue weighted by Crippen LogP contribution is 2.23. The fourth-order valence-corrected chi connectivity index (χ4v) is 3.14. The number of fused-ring (bicyclic) bond motifs is 1. The van der Waals surface area contributed by atoms with E-state index in [0.717, 1.165) is 39.1 Å². The molecule has 0 saturated carbocycles. The van der Waals surface area contributed by atoms with Crippen LogP contribution in [0.25, 0.3) is 16.7 Å². The van der Waals surface area contributed by atoms with Gasteiger partial charge >= 0.3 is 0 Å². The Morgan fingerprint density at radius 1 is 0.852 bits per heavy atom. The van der Waals surface area contributed by atoms with Crippen molar-refractivity contribution in [3.8, 4) is 5.69 Å². The molecule has 5 nitrogen and oxygen atoms in total. The third-order valence-electron chi connectivity index (χ3n) is 4.59. The molecule has 0 atom stereocenters. The van der Waals surface area contributed by atoms with Crippen molar-refractivity contribution in [2.75, 3.05) is 5.32 Å². The molecule has 0 bridgehead atoms. The zero-order chi connectivity index (χ0) is 19.0. The normalized spacial score (nSPS) is 10.9. The van der Waals surface area contributed by atoms with Gasteiger partial charge < -0.3 is 5.32 Å². The first kappa shape index (κ1) is 17.0. The van der Waals surface area contributed by atoms with Crippen LogP contribution in [0.4, 0.5) is 5.69 Å². The van der Waals surface area contributed by atoms with Crippen molar-refractivity contribution in [2.45, 2.75) is 20.8 Å². The maximum Gasteiger partial charge on any atom is 0.255 e. The zero-order valence-electron chi connectivity index (χ0n) is 15.5. The smallest absolute Gasteiger partial charge is 0.255 e. The van der Waals surface area contributed by atoms with E-state index in [1.165, 1.54) is 0 Å². The zero-order valence-corrected chi connectivity index (χ0v) is 15.5. The molecule has 4 rings (SSSR count). The molecule has 0 aliphatic carbocycles. The minimum Gasteiger partial charge on any atom is -0.322 e. The average molecular weight is 356 g/mol. The van der Waals surface area contributed by atoms with Crippen LogP contribution in [-0.4, -0.2) is 20.9 Å². The first-order valence-electron chi connectivity index (χ1n) is 8.83. The highest BCUT2D eigenvalue weighted by Gasteiger charge is 2.13. The molecule has 0 aliphatic heterocycles. The van der Waals surface area contributed by atoms with Crippen molar-refractivity contribution in [2.24, 2.45) is 0 Å². The molecule has 0 unspecified atom stereocenters. The van der Waals surface area contributed by atoms with Crippen LogP contribution in [0, 0.1) is 20.8 Å². The Kier molecular flexibility index (Phi) is 4.20. The topological polar surface area (TPSA) is 59.8 Å². The molecule has 0 radical (unpaired) electrons. The van der Waals surface area contributed by atoms with Gasteiger partial charge in [0.2, 0.25) is 0 Å². The van der Waals surface area contributed by atoms with Gasteiger partial charge in [-0.3, -0.25) is 4.79 Å². The molecular formula is C22H20N4O. The van der Waals surface area contributed by atoms with Gasteiger partial charge in [-0.25, -0.2) is 0 Å². The number of rotatable bonds is 3. The molecule has 1 aromatic heterocycles. The Bertz CT molecular complexity index is 1150. The van der Waals surface area contributed by atoms with E-state index in [1.54, 1.807) is 4.80 Å². The largest absolute Gasteiger partial charge is 0.322 e. The van der Waals surface area contributed by atoms with Crippen molar-refractivity contribution in [1.82, 2.24) is 15.0 Å². The third-order valence-corrected chi connectivity index (χ3v) is 4.59. The molecule has 0 spiro atoms. The van der Waals surface area contributed by atoms with E-state index in [1.807, 2.05) is 81.4 Å². The molecule has 27 heavy (non-hydrogen) atoms. The minimum atomic E-state index is -0.120. The summed E-state index contributed by atoms with van der Waals surface area (Å²) in [5.41, 5.74) is 6.88. The van der Waals surface area contributed by atoms with Gasteiger partial charge in [0.15, 0.2) is 0 Å². The lowest BCUT2D eigenvalue weighted by atomic mass is 10.0. The highest BCUT2D eigenvalue weighted by molar-refractivity contribution is 6.06. The van der Waals surface area contributed by atoms with E-state index >= 15 is 0 Å². The molecule has 0 saturated heterocycles. The van der Waals surface area contributed by atoms with Crippen LogP contribution in [0.3, 0.4) is 0 Å². The summed E-state index contributed by atoms with van der Waals surface area (Å²) >= 11 is 0. The standard InChI is InChI=1S/C22H20N4O/c1-14-9-10-18(15(2)11-14)22(27)23-19-13-21-20(12-16(19)3)24-26(25-21)17-7-5-4-6-8-17/h4-13H,1-3H3,(H,23,27). The molecule has 5 heteroatoms. The van der Waals surface area contributed by atoms with Crippen LogP contribution < -0.4 is 5.32 Å². The van der Waals surface area contributed by atoms with Crippen molar-refractivity contribution in [3.05, 3.63) is 82.9 Å². The number of anilines is 1. The predicted octanol–water partition coefficient (Wildman–Crippen LogP) is 4.60. The maximum atomic E-state index is 12.7. The molecule has 1 amide bonds. The summed E-state index contributed by atoms with van der Waals surface area (Å²) < 4.78 is 0. The second-order valence-electron chi connectivity index (χ2n) is 6.75. The number of carbonyl (C=O) groups excluding carboxylic acids is 1. The first-order chi connectivity index (χ1) is 13.0. The molecule has 0 aliphatic rings. The Morgan fingerprint density at radius 3 is 2.26 bits per heavy atom. The fraction of sp³-hybridized carbons (Fsp3) is 0.136.